The monoisotopic (exact) mass is 583 g/mol. The molecule has 0 bridgehead atoms. The molecule has 11 heteroatoms. The number of carbonyl (C=O) groups excluding carboxylic acids is 3. The van der Waals surface area contributed by atoms with E-state index in [9.17, 15) is 19.5 Å². The fourth-order valence-corrected chi connectivity index (χ4v) is 6.10. The van der Waals surface area contributed by atoms with Gasteiger partial charge in [0.1, 0.15) is 36.0 Å². The van der Waals surface area contributed by atoms with Gasteiger partial charge in [0.2, 0.25) is 11.8 Å². The lowest BCUT2D eigenvalue weighted by Crippen LogP contribution is -2.52. The number of pyridine rings is 1. The molecule has 3 aliphatic rings. The van der Waals surface area contributed by atoms with E-state index in [-0.39, 0.29) is 43.7 Å². The molecule has 0 radical (unpaired) electrons. The van der Waals surface area contributed by atoms with Crippen LogP contribution in [0.3, 0.4) is 0 Å². The number of nitrogens with zero attached hydrogens (tertiary/aromatic N) is 4. The summed E-state index contributed by atoms with van der Waals surface area (Å²) in [6.07, 6.45) is 2.74. The minimum Gasteiger partial charge on any atom is -0.488 e. The van der Waals surface area contributed by atoms with Crippen LogP contribution in [0.4, 0.5) is 10.1 Å². The van der Waals surface area contributed by atoms with Crippen molar-refractivity contribution in [2.45, 2.75) is 51.0 Å². The fraction of sp³-hybridized carbons (Fsp3) is 0.344. The highest BCUT2D eigenvalue weighted by atomic mass is 19.1. The molecule has 43 heavy (non-hydrogen) atoms. The largest absolute Gasteiger partial charge is 0.488 e. The molecule has 0 spiro atoms. The van der Waals surface area contributed by atoms with Crippen LogP contribution in [-0.2, 0) is 22.7 Å². The Hall–Kier alpha value is -4.82. The second-order valence-electron chi connectivity index (χ2n) is 11.1. The number of hydrogen-bond donors (Lipinski definition) is 2. The van der Waals surface area contributed by atoms with Gasteiger partial charge in [-0.05, 0) is 61.1 Å². The van der Waals surface area contributed by atoms with E-state index >= 15 is 4.39 Å². The molecule has 4 heterocycles. The third kappa shape index (κ3) is 5.66. The zero-order chi connectivity index (χ0) is 30.1. The lowest BCUT2D eigenvalue weighted by atomic mass is 9.87. The Kier molecular flexibility index (Phi) is 7.78. The summed E-state index contributed by atoms with van der Waals surface area (Å²) in [5.74, 6) is -1.24. The summed E-state index contributed by atoms with van der Waals surface area (Å²) in [5.41, 5.74) is 3.15. The first-order valence-electron chi connectivity index (χ1n) is 14.3. The average molecular weight is 584 g/mol. The number of benzene rings is 2. The van der Waals surface area contributed by atoms with Crippen LogP contribution in [0.1, 0.15) is 64.5 Å². The number of nitriles is 1. The minimum absolute atomic E-state index is 0.0270. The van der Waals surface area contributed by atoms with Gasteiger partial charge in [0.05, 0.1) is 24.5 Å². The molecule has 2 atom stereocenters. The van der Waals surface area contributed by atoms with Crippen LogP contribution in [0.2, 0.25) is 0 Å². The van der Waals surface area contributed by atoms with E-state index in [0.29, 0.717) is 46.8 Å². The lowest BCUT2D eigenvalue weighted by molar-refractivity contribution is -0.136. The summed E-state index contributed by atoms with van der Waals surface area (Å²) in [5, 5.41) is 22.3. The smallest absolute Gasteiger partial charge is 0.255 e. The highest BCUT2D eigenvalue weighted by Gasteiger charge is 2.40. The number of halogens is 1. The molecule has 220 valence electrons. The summed E-state index contributed by atoms with van der Waals surface area (Å²) in [6, 6.07) is 14.6. The summed E-state index contributed by atoms with van der Waals surface area (Å²) < 4.78 is 21.1. The molecule has 0 unspecified atom stereocenters. The van der Waals surface area contributed by atoms with E-state index in [1.165, 1.54) is 11.0 Å². The van der Waals surface area contributed by atoms with Gasteiger partial charge >= 0.3 is 0 Å². The third-order valence-corrected chi connectivity index (χ3v) is 8.55. The molecule has 3 aliphatic heterocycles. The van der Waals surface area contributed by atoms with Crippen LogP contribution in [0.15, 0.2) is 54.7 Å². The van der Waals surface area contributed by atoms with Crippen LogP contribution in [0.25, 0.3) is 0 Å². The standard InChI is InChI=1S/C32H30FN5O5/c33-26-14-20(30(40)19-10-12-37(13-11-19)23-7-6-22(15-34)35-16-23)4-5-21(26)18-43-28-3-1-2-24-25(28)17-38(32(24)42)27-8-9-29(39)36-31(27)41/h1-7,14,16,19,27,30,40H,8-13,17-18H2,(H,36,39,41)/t27-,30-/m0/s1. The third-order valence-electron chi connectivity index (χ3n) is 8.55. The molecular formula is C32H30FN5O5. The Balaban J connectivity index is 1.07. The Labute approximate surface area is 247 Å². The van der Waals surface area contributed by atoms with Crippen molar-refractivity contribution in [1.82, 2.24) is 15.2 Å². The number of piperidine rings is 2. The molecular weight excluding hydrogens is 553 g/mol. The van der Waals surface area contributed by atoms with Crippen LogP contribution >= 0.6 is 0 Å². The van der Waals surface area contributed by atoms with Gasteiger partial charge in [-0.2, -0.15) is 5.26 Å². The predicted octanol–water partition coefficient (Wildman–Crippen LogP) is 3.38. The number of ether oxygens (including phenoxy) is 1. The number of aromatic nitrogens is 1. The lowest BCUT2D eigenvalue weighted by Gasteiger charge is -2.35. The van der Waals surface area contributed by atoms with Crippen molar-refractivity contribution in [3.05, 3.63) is 88.5 Å². The summed E-state index contributed by atoms with van der Waals surface area (Å²) in [4.78, 5) is 44.7. The second kappa shape index (κ2) is 11.8. The van der Waals surface area contributed by atoms with Gasteiger partial charge in [0.25, 0.3) is 5.91 Å². The highest BCUT2D eigenvalue weighted by molar-refractivity contribution is 6.05. The topological polar surface area (TPSA) is 136 Å². The van der Waals surface area contributed by atoms with E-state index in [0.717, 1.165) is 18.5 Å². The van der Waals surface area contributed by atoms with Crippen molar-refractivity contribution < 1.29 is 28.6 Å². The highest BCUT2D eigenvalue weighted by Crippen LogP contribution is 2.35. The van der Waals surface area contributed by atoms with E-state index in [2.05, 4.69) is 15.2 Å². The molecule has 2 saturated heterocycles. The SMILES string of the molecule is N#Cc1ccc(N2CCC([C@H](O)c3ccc(COc4cccc5c4CN([C@H]4CCC(=O)NC4=O)C5=O)c(F)c3)CC2)cn1. The van der Waals surface area contributed by atoms with Gasteiger partial charge in [-0.15, -0.1) is 0 Å². The van der Waals surface area contributed by atoms with Crippen LogP contribution in [-0.4, -0.2) is 51.8 Å². The minimum atomic E-state index is -0.813. The number of amides is 3. The number of fused-ring (bicyclic) bond motifs is 1. The number of carbonyl (C=O) groups is 3. The molecule has 2 N–H and O–H groups in total. The van der Waals surface area contributed by atoms with Gasteiger partial charge in [0, 0.05) is 36.2 Å². The van der Waals surface area contributed by atoms with E-state index in [1.54, 1.807) is 42.6 Å². The van der Waals surface area contributed by atoms with Crippen LogP contribution in [0.5, 0.6) is 5.75 Å². The molecule has 2 aromatic carbocycles. The van der Waals surface area contributed by atoms with Crippen molar-refractivity contribution in [3.8, 4) is 11.8 Å². The quantitative estimate of drug-likeness (QED) is 0.404. The fourth-order valence-electron chi connectivity index (χ4n) is 6.10. The van der Waals surface area contributed by atoms with Crippen molar-refractivity contribution in [2.75, 3.05) is 18.0 Å². The zero-order valence-corrected chi connectivity index (χ0v) is 23.3. The number of nitrogens with one attached hydrogen (secondary N) is 1. The van der Waals surface area contributed by atoms with Crippen molar-refractivity contribution in [3.63, 3.8) is 0 Å². The van der Waals surface area contributed by atoms with Crippen molar-refractivity contribution in [2.24, 2.45) is 5.92 Å². The molecule has 10 nitrogen and oxygen atoms in total. The average Bonchev–Trinajstić information content (AvgIpc) is 3.36. The number of aliphatic hydroxyl groups is 1. The maximum absolute atomic E-state index is 15.2. The molecule has 0 saturated carbocycles. The first kappa shape index (κ1) is 28.3. The first-order chi connectivity index (χ1) is 20.8. The van der Waals surface area contributed by atoms with E-state index in [1.807, 2.05) is 12.1 Å². The number of imide groups is 1. The second-order valence-corrected chi connectivity index (χ2v) is 11.1. The van der Waals surface area contributed by atoms with Crippen LogP contribution in [0, 0.1) is 23.1 Å². The molecule has 1 aromatic heterocycles. The summed E-state index contributed by atoms with van der Waals surface area (Å²) in [6.45, 7) is 1.51. The predicted molar refractivity (Wildman–Crippen MR) is 152 cm³/mol. The van der Waals surface area contributed by atoms with Crippen molar-refractivity contribution >= 4 is 23.4 Å². The molecule has 3 amide bonds. The maximum Gasteiger partial charge on any atom is 0.255 e. The zero-order valence-electron chi connectivity index (χ0n) is 23.3. The van der Waals surface area contributed by atoms with Gasteiger partial charge in [-0.25, -0.2) is 9.37 Å². The van der Waals surface area contributed by atoms with Gasteiger partial charge < -0.3 is 19.6 Å². The van der Waals surface area contributed by atoms with Gasteiger partial charge in [0.15, 0.2) is 0 Å². The Morgan fingerprint density at radius 3 is 2.63 bits per heavy atom. The normalized spacial score (nSPS) is 19.6. The van der Waals surface area contributed by atoms with Gasteiger partial charge in [-0.1, -0.05) is 18.2 Å². The van der Waals surface area contributed by atoms with Crippen LogP contribution < -0.4 is 15.0 Å². The Morgan fingerprint density at radius 1 is 1.12 bits per heavy atom. The number of anilines is 1. The number of aliphatic hydroxyl groups excluding tert-OH is 1. The molecule has 6 rings (SSSR count). The molecule has 3 aromatic rings. The van der Waals surface area contributed by atoms with E-state index in [4.69, 9.17) is 10.00 Å². The summed E-state index contributed by atoms with van der Waals surface area (Å²) in [7, 11) is 0. The Morgan fingerprint density at radius 2 is 1.93 bits per heavy atom. The summed E-state index contributed by atoms with van der Waals surface area (Å²) >= 11 is 0. The molecule has 0 aliphatic carbocycles. The molecule has 2 fully saturated rings. The number of hydrogen-bond acceptors (Lipinski definition) is 8. The van der Waals surface area contributed by atoms with Crippen molar-refractivity contribution in [1.29, 1.82) is 5.26 Å². The first-order valence-corrected chi connectivity index (χ1v) is 14.3. The number of rotatable bonds is 7. The maximum atomic E-state index is 15.2. The van der Waals surface area contributed by atoms with E-state index < -0.39 is 23.9 Å². The Bertz CT molecular complexity index is 1610. The van der Waals surface area contributed by atoms with Gasteiger partial charge in [-0.3, -0.25) is 19.7 Å².